The summed E-state index contributed by atoms with van der Waals surface area (Å²) in [7, 11) is 6.03. The first-order chi connectivity index (χ1) is 8.60. The van der Waals surface area contributed by atoms with Crippen LogP contribution in [0.4, 0.5) is 0 Å². The molecule has 8 heteroatoms. The summed E-state index contributed by atoms with van der Waals surface area (Å²) in [4.78, 5) is 6.12. The molecule has 0 aliphatic carbocycles. The van der Waals surface area contributed by atoms with Crippen LogP contribution < -0.4 is 11.3 Å². The van der Waals surface area contributed by atoms with Gasteiger partial charge in [-0.25, -0.2) is 0 Å². The number of hydrogen-bond donors (Lipinski definition) is 2. The van der Waals surface area contributed by atoms with Crippen molar-refractivity contribution in [2.45, 2.75) is 18.5 Å². The van der Waals surface area contributed by atoms with Crippen LogP contribution in [0.2, 0.25) is 0 Å². The fourth-order valence-electron chi connectivity index (χ4n) is 2.39. The Hall–Kier alpha value is -1.09. The van der Waals surface area contributed by atoms with Crippen molar-refractivity contribution in [2.75, 3.05) is 33.7 Å². The van der Waals surface area contributed by atoms with E-state index in [0.29, 0.717) is 12.5 Å². The van der Waals surface area contributed by atoms with E-state index in [0.717, 1.165) is 25.5 Å². The van der Waals surface area contributed by atoms with Crippen molar-refractivity contribution < 1.29 is 0 Å². The highest BCUT2D eigenvalue weighted by molar-refractivity contribution is 4.94. The topological polar surface area (TPSA) is 88.1 Å². The molecule has 1 aliphatic heterocycles. The molecule has 2 unspecified atom stereocenters. The number of rotatable bonds is 4. The summed E-state index contributed by atoms with van der Waals surface area (Å²) < 4.78 is 0. The van der Waals surface area contributed by atoms with E-state index >= 15 is 0 Å². The number of nitrogens with zero attached hydrogens (tertiary/aromatic N) is 6. The van der Waals surface area contributed by atoms with Gasteiger partial charge in [-0.2, -0.15) is 4.80 Å². The van der Waals surface area contributed by atoms with Gasteiger partial charge in [-0.15, -0.1) is 10.2 Å². The van der Waals surface area contributed by atoms with Crippen LogP contribution in [0.3, 0.4) is 0 Å². The van der Waals surface area contributed by atoms with Gasteiger partial charge in [-0.05, 0) is 19.3 Å². The molecule has 1 fully saturated rings. The summed E-state index contributed by atoms with van der Waals surface area (Å²) in [5, 5.41) is 12.1. The van der Waals surface area contributed by atoms with Crippen LogP contribution in [0.25, 0.3) is 0 Å². The van der Waals surface area contributed by atoms with Crippen LogP contribution in [-0.2, 0) is 13.5 Å². The average Bonchev–Trinajstić information content (AvgIpc) is 2.75. The van der Waals surface area contributed by atoms with Gasteiger partial charge in [0, 0.05) is 38.1 Å². The molecule has 18 heavy (non-hydrogen) atoms. The molecule has 0 amide bonds. The second-order valence-corrected chi connectivity index (χ2v) is 4.98. The minimum absolute atomic E-state index is 0.127. The minimum Gasteiger partial charge on any atom is -0.303 e. The maximum Gasteiger partial charge on any atom is 0.176 e. The van der Waals surface area contributed by atoms with Crippen molar-refractivity contribution in [1.82, 2.24) is 35.4 Å². The van der Waals surface area contributed by atoms with Gasteiger partial charge in [-0.3, -0.25) is 16.2 Å². The first kappa shape index (κ1) is 13.3. The highest BCUT2D eigenvalue weighted by Gasteiger charge is 2.30. The molecule has 1 aromatic heterocycles. The quantitative estimate of drug-likeness (QED) is 0.467. The Bertz CT molecular complexity index is 378. The zero-order valence-electron chi connectivity index (χ0n) is 11.2. The van der Waals surface area contributed by atoms with Gasteiger partial charge in [-0.1, -0.05) is 0 Å². The summed E-state index contributed by atoms with van der Waals surface area (Å²) in [5.74, 6) is 6.41. The Morgan fingerprint density at radius 3 is 2.78 bits per heavy atom. The van der Waals surface area contributed by atoms with Gasteiger partial charge < -0.3 is 4.90 Å². The number of hydrogen-bond acceptors (Lipinski definition) is 7. The van der Waals surface area contributed by atoms with Crippen molar-refractivity contribution >= 4 is 0 Å². The minimum atomic E-state index is 0.127. The lowest BCUT2D eigenvalue weighted by atomic mass is 10.0. The van der Waals surface area contributed by atoms with Crippen molar-refractivity contribution in [3.8, 4) is 0 Å². The van der Waals surface area contributed by atoms with E-state index in [1.165, 1.54) is 4.80 Å². The van der Waals surface area contributed by atoms with E-state index in [1.54, 1.807) is 7.05 Å². The predicted octanol–water partition coefficient (Wildman–Crippen LogP) is -2.17. The van der Waals surface area contributed by atoms with Crippen molar-refractivity contribution in [3.05, 3.63) is 5.82 Å². The lowest BCUT2D eigenvalue weighted by Gasteiger charge is -2.41. The molecule has 2 rings (SSSR count). The standard InChI is InChI=1S/C10H22N8/c1-16-4-5-17(2)9(7-16)8(12-11)6-10-13-15-18(3)14-10/h8-9,12H,4-7,11H2,1-3H3. The van der Waals surface area contributed by atoms with Gasteiger partial charge in [0.2, 0.25) is 0 Å². The number of aromatic nitrogens is 4. The molecular formula is C10H22N8. The summed E-state index contributed by atoms with van der Waals surface area (Å²) in [6.07, 6.45) is 0.688. The summed E-state index contributed by atoms with van der Waals surface area (Å²) in [6.45, 7) is 3.13. The third kappa shape index (κ3) is 3.02. The maximum atomic E-state index is 5.69. The highest BCUT2D eigenvalue weighted by Crippen LogP contribution is 2.12. The molecule has 0 aromatic carbocycles. The number of piperazine rings is 1. The molecule has 0 saturated carbocycles. The largest absolute Gasteiger partial charge is 0.303 e. The van der Waals surface area contributed by atoms with Crippen LogP contribution in [0, 0.1) is 0 Å². The van der Waals surface area contributed by atoms with Crippen molar-refractivity contribution in [3.63, 3.8) is 0 Å². The first-order valence-electron chi connectivity index (χ1n) is 6.18. The smallest absolute Gasteiger partial charge is 0.176 e. The summed E-state index contributed by atoms with van der Waals surface area (Å²) in [6, 6.07) is 0.486. The summed E-state index contributed by atoms with van der Waals surface area (Å²) in [5.41, 5.74) is 2.90. The second-order valence-electron chi connectivity index (χ2n) is 4.98. The zero-order chi connectivity index (χ0) is 13.1. The molecular weight excluding hydrogens is 232 g/mol. The number of hydrazine groups is 1. The normalized spacial score (nSPS) is 24.3. The Balaban J connectivity index is 2.02. The van der Waals surface area contributed by atoms with Gasteiger partial charge in [0.1, 0.15) is 0 Å². The monoisotopic (exact) mass is 254 g/mol. The lowest BCUT2D eigenvalue weighted by Crippen LogP contribution is -2.60. The number of tetrazole rings is 1. The Morgan fingerprint density at radius 2 is 2.17 bits per heavy atom. The van der Waals surface area contributed by atoms with E-state index in [4.69, 9.17) is 5.84 Å². The molecule has 1 aromatic rings. The molecule has 2 heterocycles. The second kappa shape index (κ2) is 5.70. The lowest BCUT2D eigenvalue weighted by molar-refractivity contribution is 0.0871. The molecule has 8 nitrogen and oxygen atoms in total. The SMILES string of the molecule is CN1CCN(C)C(C(Cc2nnn(C)n2)NN)C1. The van der Waals surface area contributed by atoms with Crippen molar-refractivity contribution in [2.24, 2.45) is 12.9 Å². The Morgan fingerprint density at radius 1 is 1.39 bits per heavy atom. The van der Waals surface area contributed by atoms with E-state index in [2.05, 4.69) is 44.7 Å². The van der Waals surface area contributed by atoms with Crippen LogP contribution >= 0.6 is 0 Å². The van der Waals surface area contributed by atoms with Crippen LogP contribution in [-0.4, -0.2) is 75.8 Å². The summed E-state index contributed by atoms with van der Waals surface area (Å²) >= 11 is 0. The molecule has 102 valence electrons. The third-order valence-corrected chi connectivity index (χ3v) is 3.53. The van der Waals surface area contributed by atoms with Crippen LogP contribution in [0.1, 0.15) is 5.82 Å². The predicted molar refractivity (Wildman–Crippen MR) is 67.5 cm³/mol. The number of nitrogens with two attached hydrogens (primary N) is 1. The number of likely N-dealkylation sites (N-methyl/N-ethyl adjacent to an activating group) is 2. The number of aryl methyl sites for hydroxylation is 1. The molecule has 2 atom stereocenters. The first-order valence-corrected chi connectivity index (χ1v) is 6.18. The van der Waals surface area contributed by atoms with E-state index in [-0.39, 0.29) is 6.04 Å². The van der Waals surface area contributed by atoms with Gasteiger partial charge in [0.25, 0.3) is 0 Å². The molecule has 3 N–H and O–H groups in total. The number of nitrogens with one attached hydrogen (secondary N) is 1. The van der Waals surface area contributed by atoms with E-state index in [1.807, 2.05) is 0 Å². The molecule has 1 saturated heterocycles. The van der Waals surface area contributed by atoms with E-state index in [9.17, 15) is 0 Å². The zero-order valence-corrected chi connectivity index (χ0v) is 11.2. The highest BCUT2D eigenvalue weighted by atomic mass is 15.6. The molecule has 0 spiro atoms. The van der Waals surface area contributed by atoms with E-state index < -0.39 is 0 Å². The van der Waals surface area contributed by atoms with Gasteiger partial charge in [0.15, 0.2) is 5.82 Å². The van der Waals surface area contributed by atoms with Crippen LogP contribution in [0.5, 0.6) is 0 Å². The Labute approximate surface area is 107 Å². The molecule has 1 aliphatic rings. The van der Waals surface area contributed by atoms with Gasteiger partial charge >= 0.3 is 0 Å². The van der Waals surface area contributed by atoms with Crippen molar-refractivity contribution in [1.29, 1.82) is 0 Å². The van der Waals surface area contributed by atoms with Gasteiger partial charge in [0.05, 0.1) is 7.05 Å². The molecule has 0 radical (unpaired) electrons. The Kier molecular flexibility index (Phi) is 4.23. The maximum absolute atomic E-state index is 5.69. The average molecular weight is 254 g/mol. The van der Waals surface area contributed by atoms with Crippen LogP contribution in [0.15, 0.2) is 0 Å². The molecule has 0 bridgehead atoms. The fourth-order valence-corrected chi connectivity index (χ4v) is 2.39. The third-order valence-electron chi connectivity index (χ3n) is 3.53. The fraction of sp³-hybridized carbons (Fsp3) is 0.900.